The number of hydrogen-bond acceptors (Lipinski definition) is 2. The van der Waals surface area contributed by atoms with Crippen molar-refractivity contribution in [1.82, 2.24) is 0 Å². The van der Waals surface area contributed by atoms with Crippen molar-refractivity contribution in [3.05, 3.63) is 23.8 Å². The van der Waals surface area contributed by atoms with E-state index in [1.165, 1.54) is 6.07 Å². The predicted octanol–water partition coefficient (Wildman–Crippen LogP) is -1.31. The van der Waals surface area contributed by atoms with Crippen LogP contribution in [0.1, 0.15) is 5.56 Å². The van der Waals surface area contributed by atoms with Crippen LogP contribution in [0.2, 0.25) is 0 Å². The molecule has 7 heteroatoms. The molecule has 0 aliphatic carbocycles. The number of fused-ring (bicyclic) bond motifs is 1. The Morgan fingerprint density at radius 1 is 1.25 bits per heavy atom. The second-order valence-corrected chi connectivity index (χ2v) is 3.47. The molecule has 0 saturated carbocycles. The number of halogens is 3. The van der Waals surface area contributed by atoms with Crippen molar-refractivity contribution in [2.24, 2.45) is 0 Å². The fraction of sp³-hybridized carbons (Fsp3) is 0.333. The first-order valence-electron chi connectivity index (χ1n) is 4.72. The molecule has 16 heavy (non-hydrogen) atoms. The van der Waals surface area contributed by atoms with Crippen molar-refractivity contribution in [2.75, 3.05) is 18.5 Å². The van der Waals surface area contributed by atoms with Gasteiger partial charge in [0.05, 0.1) is 13.2 Å². The third kappa shape index (κ3) is 3.48. The molecule has 1 aliphatic heterocycles. The largest absolute Gasteiger partial charge is 1.00 e. The average Bonchev–Trinajstić information content (AvgIpc) is 2.39. The molecule has 2 nitrogen and oxygen atoms in total. The number of nitrogens with one attached hydrogen (secondary N) is 1. The summed E-state index contributed by atoms with van der Waals surface area (Å²) in [5.74, 6) is 0. The van der Waals surface area contributed by atoms with Gasteiger partial charge in [0.1, 0.15) is 0 Å². The maximum atomic E-state index is 12.5. The van der Waals surface area contributed by atoms with Crippen LogP contribution >= 0.6 is 0 Å². The molecular weight excluding hydrogens is 245 g/mol. The van der Waals surface area contributed by atoms with E-state index in [1.54, 1.807) is 0 Å². The van der Waals surface area contributed by atoms with E-state index in [9.17, 15) is 12.9 Å². The number of rotatable bonds is 1. The van der Waals surface area contributed by atoms with Crippen LogP contribution in [0.15, 0.2) is 18.2 Å². The van der Waals surface area contributed by atoms with Crippen molar-refractivity contribution in [3.8, 4) is 0 Å². The summed E-state index contributed by atoms with van der Waals surface area (Å²) in [5.41, 5.74) is 0.738. The average molecular weight is 255 g/mol. The summed E-state index contributed by atoms with van der Waals surface area (Å²) in [6.07, 6.45) is 0. The second kappa shape index (κ2) is 5.88. The molecule has 1 N–H and O–H groups in total. The van der Waals surface area contributed by atoms with Crippen molar-refractivity contribution in [3.63, 3.8) is 0 Å². The standard InChI is InChI=1S/C9H10BF3NO.K/c11-10(12,13)8-1-2-9-7(5-8)6-15-4-3-14-9;/h1-2,5,14H,3-4,6H2;/q-1;+1. The van der Waals surface area contributed by atoms with E-state index in [-0.39, 0.29) is 58.0 Å². The molecule has 82 valence electrons. The molecular formula is C9H10BF3KNO. The molecule has 1 aromatic rings. The fourth-order valence-electron chi connectivity index (χ4n) is 1.55. The molecule has 1 aliphatic rings. The molecule has 0 fully saturated rings. The SMILES string of the molecule is F[B-](F)(F)c1ccc2c(c1)COCCN2.[K+]. The zero-order valence-corrected chi connectivity index (χ0v) is 12.1. The maximum Gasteiger partial charge on any atom is 1.00 e. The van der Waals surface area contributed by atoms with E-state index in [0.717, 1.165) is 17.8 Å². The Morgan fingerprint density at radius 3 is 2.69 bits per heavy atom. The van der Waals surface area contributed by atoms with Crippen molar-refractivity contribution in [1.29, 1.82) is 0 Å². The molecule has 0 bridgehead atoms. The Bertz CT molecular complexity index is 372. The quantitative estimate of drug-likeness (QED) is 0.629. The van der Waals surface area contributed by atoms with Crippen LogP contribution in [-0.4, -0.2) is 20.1 Å². The third-order valence-electron chi connectivity index (χ3n) is 2.33. The zero-order valence-electron chi connectivity index (χ0n) is 8.97. The predicted molar refractivity (Wildman–Crippen MR) is 53.3 cm³/mol. The topological polar surface area (TPSA) is 21.3 Å². The number of hydrogen-bond donors (Lipinski definition) is 1. The minimum Gasteiger partial charge on any atom is -0.445 e. The van der Waals surface area contributed by atoms with Gasteiger partial charge in [0.25, 0.3) is 0 Å². The minimum atomic E-state index is -4.92. The Labute approximate surface area is 134 Å². The van der Waals surface area contributed by atoms with Gasteiger partial charge in [0.15, 0.2) is 0 Å². The molecule has 0 aromatic heterocycles. The van der Waals surface area contributed by atoms with Crippen LogP contribution in [0.3, 0.4) is 0 Å². The molecule has 0 unspecified atom stereocenters. The van der Waals surface area contributed by atoms with Crippen LogP contribution in [0.5, 0.6) is 0 Å². The Morgan fingerprint density at radius 2 is 2.00 bits per heavy atom. The monoisotopic (exact) mass is 255 g/mol. The first-order chi connectivity index (χ1) is 7.07. The molecule has 0 amide bonds. The second-order valence-electron chi connectivity index (χ2n) is 3.47. The van der Waals surface area contributed by atoms with Gasteiger partial charge in [-0.1, -0.05) is 12.1 Å². The van der Waals surface area contributed by atoms with Crippen LogP contribution in [0.25, 0.3) is 0 Å². The molecule has 1 heterocycles. The van der Waals surface area contributed by atoms with E-state index in [4.69, 9.17) is 4.74 Å². The van der Waals surface area contributed by atoms with Gasteiger partial charge < -0.3 is 23.0 Å². The van der Waals surface area contributed by atoms with Gasteiger partial charge in [-0.15, -0.1) is 5.46 Å². The molecule has 0 radical (unpaired) electrons. The Hall–Kier alpha value is 0.471. The Balaban J connectivity index is 0.00000128. The van der Waals surface area contributed by atoms with Gasteiger partial charge in [-0.25, -0.2) is 0 Å². The van der Waals surface area contributed by atoms with Crippen LogP contribution in [0, 0.1) is 0 Å². The van der Waals surface area contributed by atoms with Gasteiger partial charge in [0, 0.05) is 12.2 Å². The molecule has 0 atom stereocenters. The number of benzene rings is 1. The summed E-state index contributed by atoms with van der Waals surface area (Å²) in [5, 5.41) is 3.02. The summed E-state index contributed by atoms with van der Waals surface area (Å²) in [6, 6.07) is 3.74. The summed E-state index contributed by atoms with van der Waals surface area (Å²) in [6.45, 7) is -3.54. The maximum absolute atomic E-state index is 12.5. The summed E-state index contributed by atoms with van der Waals surface area (Å²) in [7, 11) is 0. The van der Waals surface area contributed by atoms with Crippen LogP contribution in [-0.2, 0) is 11.3 Å². The van der Waals surface area contributed by atoms with E-state index in [0.29, 0.717) is 18.7 Å². The van der Waals surface area contributed by atoms with Gasteiger partial charge in [0.2, 0.25) is 0 Å². The van der Waals surface area contributed by atoms with Crippen LogP contribution < -0.4 is 62.2 Å². The molecule has 2 rings (SSSR count). The Kier molecular flexibility index (Phi) is 5.34. The summed E-state index contributed by atoms with van der Waals surface area (Å²) < 4.78 is 42.5. The fourth-order valence-corrected chi connectivity index (χ4v) is 1.55. The van der Waals surface area contributed by atoms with Gasteiger partial charge in [-0.2, -0.15) is 0 Å². The van der Waals surface area contributed by atoms with E-state index < -0.39 is 12.4 Å². The number of anilines is 1. The van der Waals surface area contributed by atoms with Crippen LogP contribution in [0.4, 0.5) is 18.6 Å². The van der Waals surface area contributed by atoms with E-state index in [2.05, 4.69) is 5.32 Å². The first kappa shape index (κ1) is 14.5. The molecule has 1 aromatic carbocycles. The van der Waals surface area contributed by atoms with Crippen molar-refractivity contribution < 1.29 is 69.1 Å². The third-order valence-corrected chi connectivity index (χ3v) is 2.33. The van der Waals surface area contributed by atoms with E-state index in [1.807, 2.05) is 0 Å². The van der Waals surface area contributed by atoms with E-state index >= 15 is 0 Å². The number of ether oxygens (including phenoxy) is 1. The van der Waals surface area contributed by atoms with Gasteiger partial charge in [-0.05, 0) is 11.6 Å². The van der Waals surface area contributed by atoms with Gasteiger partial charge >= 0.3 is 58.4 Å². The van der Waals surface area contributed by atoms with Crippen molar-refractivity contribution in [2.45, 2.75) is 6.61 Å². The normalized spacial score (nSPS) is 15.4. The first-order valence-corrected chi connectivity index (χ1v) is 4.72. The smallest absolute Gasteiger partial charge is 0.445 e. The zero-order chi connectivity index (χ0) is 10.9. The summed E-state index contributed by atoms with van der Waals surface area (Å²) in [4.78, 5) is 0. The minimum absolute atomic E-state index is 0. The van der Waals surface area contributed by atoms with Gasteiger partial charge in [-0.3, -0.25) is 0 Å². The van der Waals surface area contributed by atoms with Crippen molar-refractivity contribution >= 4 is 18.1 Å². The summed E-state index contributed by atoms with van der Waals surface area (Å²) >= 11 is 0. The molecule has 0 spiro atoms. The molecule has 0 saturated heterocycles.